The van der Waals surface area contributed by atoms with Gasteiger partial charge in [0.2, 0.25) is 0 Å². The molecular formula is C28H24O2. The summed E-state index contributed by atoms with van der Waals surface area (Å²) in [5.74, 6) is 0.641. The second kappa shape index (κ2) is 9.25. The standard InChI is InChI=1S/C28H24O2/c1-21(29)30-26-19-17-25(18-20-26)28(24-15-9-4-10-16-24)27(22-11-5-2-6-12-22)23-13-7-3-8-14-23/h2-21,29H,1H3. The van der Waals surface area contributed by atoms with Gasteiger partial charge in [0, 0.05) is 0 Å². The minimum atomic E-state index is -0.843. The largest absolute Gasteiger partial charge is 0.465 e. The van der Waals surface area contributed by atoms with E-state index >= 15 is 0 Å². The lowest BCUT2D eigenvalue weighted by atomic mass is 9.86. The van der Waals surface area contributed by atoms with Gasteiger partial charge in [0.15, 0.2) is 6.29 Å². The smallest absolute Gasteiger partial charge is 0.194 e. The fraction of sp³-hybridized carbons (Fsp3) is 0.0714. The second-order valence-corrected chi connectivity index (χ2v) is 7.09. The highest BCUT2D eigenvalue weighted by atomic mass is 16.6. The van der Waals surface area contributed by atoms with E-state index in [1.807, 2.05) is 42.5 Å². The van der Waals surface area contributed by atoms with Gasteiger partial charge in [0.05, 0.1) is 0 Å². The number of aliphatic hydroxyl groups is 1. The fourth-order valence-corrected chi connectivity index (χ4v) is 3.62. The fourth-order valence-electron chi connectivity index (χ4n) is 3.62. The normalized spacial score (nSPS) is 11.5. The van der Waals surface area contributed by atoms with Crippen LogP contribution >= 0.6 is 0 Å². The van der Waals surface area contributed by atoms with Crippen LogP contribution in [0.25, 0.3) is 11.1 Å². The van der Waals surface area contributed by atoms with Crippen LogP contribution in [0, 0.1) is 0 Å². The molecule has 1 unspecified atom stereocenters. The van der Waals surface area contributed by atoms with Crippen molar-refractivity contribution in [3.05, 3.63) is 138 Å². The number of hydrogen-bond acceptors (Lipinski definition) is 2. The van der Waals surface area contributed by atoms with Crippen LogP contribution in [-0.2, 0) is 0 Å². The van der Waals surface area contributed by atoms with E-state index in [1.54, 1.807) is 6.92 Å². The highest BCUT2D eigenvalue weighted by Gasteiger charge is 2.16. The Hall–Kier alpha value is -3.62. The third kappa shape index (κ3) is 4.51. The highest BCUT2D eigenvalue weighted by Crippen LogP contribution is 2.37. The minimum absolute atomic E-state index is 0.641. The van der Waals surface area contributed by atoms with E-state index in [9.17, 15) is 5.11 Å². The van der Waals surface area contributed by atoms with Crippen LogP contribution in [0.1, 0.15) is 29.2 Å². The van der Waals surface area contributed by atoms with Crippen molar-refractivity contribution in [1.82, 2.24) is 0 Å². The van der Waals surface area contributed by atoms with E-state index in [-0.39, 0.29) is 0 Å². The zero-order chi connectivity index (χ0) is 20.8. The van der Waals surface area contributed by atoms with Crippen LogP contribution < -0.4 is 4.74 Å². The number of benzene rings is 4. The Morgan fingerprint density at radius 2 is 0.867 bits per heavy atom. The molecule has 2 heteroatoms. The molecule has 0 spiro atoms. The third-order valence-electron chi connectivity index (χ3n) is 4.89. The maximum Gasteiger partial charge on any atom is 0.194 e. The van der Waals surface area contributed by atoms with Crippen molar-refractivity contribution in [3.8, 4) is 5.75 Å². The van der Waals surface area contributed by atoms with Gasteiger partial charge in [-0.2, -0.15) is 0 Å². The van der Waals surface area contributed by atoms with E-state index in [1.165, 1.54) is 5.57 Å². The van der Waals surface area contributed by atoms with Gasteiger partial charge in [-0.15, -0.1) is 0 Å². The Kier molecular flexibility index (Phi) is 6.07. The van der Waals surface area contributed by atoms with E-state index < -0.39 is 6.29 Å². The van der Waals surface area contributed by atoms with Crippen LogP contribution in [0.15, 0.2) is 115 Å². The van der Waals surface area contributed by atoms with Gasteiger partial charge in [-0.05, 0) is 52.5 Å². The van der Waals surface area contributed by atoms with Crippen molar-refractivity contribution in [1.29, 1.82) is 0 Å². The first-order valence-corrected chi connectivity index (χ1v) is 10.1. The predicted molar refractivity (Wildman–Crippen MR) is 123 cm³/mol. The second-order valence-electron chi connectivity index (χ2n) is 7.09. The zero-order valence-electron chi connectivity index (χ0n) is 16.9. The Balaban J connectivity index is 1.98. The van der Waals surface area contributed by atoms with E-state index in [2.05, 4.69) is 72.8 Å². The van der Waals surface area contributed by atoms with Gasteiger partial charge in [0.1, 0.15) is 5.75 Å². The van der Waals surface area contributed by atoms with Crippen LogP contribution in [0.4, 0.5) is 0 Å². The number of hydrogen-bond donors (Lipinski definition) is 1. The van der Waals surface area contributed by atoms with Crippen molar-refractivity contribution in [2.75, 3.05) is 0 Å². The third-order valence-corrected chi connectivity index (χ3v) is 4.89. The Bertz CT molecular complexity index is 1060. The summed E-state index contributed by atoms with van der Waals surface area (Å²) in [6.07, 6.45) is -0.843. The quantitative estimate of drug-likeness (QED) is 0.303. The average molecular weight is 392 g/mol. The summed E-state index contributed by atoms with van der Waals surface area (Å²) < 4.78 is 5.42. The molecule has 30 heavy (non-hydrogen) atoms. The highest BCUT2D eigenvalue weighted by molar-refractivity contribution is 6.04. The summed E-state index contributed by atoms with van der Waals surface area (Å²) in [6.45, 7) is 1.60. The monoisotopic (exact) mass is 392 g/mol. The van der Waals surface area contributed by atoms with Gasteiger partial charge in [-0.25, -0.2) is 0 Å². The molecule has 4 aromatic rings. The lowest BCUT2D eigenvalue weighted by Gasteiger charge is -2.18. The maximum absolute atomic E-state index is 9.52. The van der Waals surface area contributed by atoms with Crippen LogP contribution in [0.2, 0.25) is 0 Å². The molecule has 4 aromatic carbocycles. The van der Waals surface area contributed by atoms with Gasteiger partial charge in [0.25, 0.3) is 0 Å². The van der Waals surface area contributed by atoms with Crippen LogP contribution in [-0.4, -0.2) is 11.4 Å². The van der Waals surface area contributed by atoms with E-state index in [0.717, 1.165) is 27.8 Å². The molecule has 0 amide bonds. The molecule has 0 saturated carbocycles. The van der Waals surface area contributed by atoms with Crippen molar-refractivity contribution in [2.24, 2.45) is 0 Å². The molecule has 0 radical (unpaired) electrons. The topological polar surface area (TPSA) is 29.5 Å². The van der Waals surface area contributed by atoms with Gasteiger partial charge in [-0.3, -0.25) is 0 Å². The van der Waals surface area contributed by atoms with E-state index in [4.69, 9.17) is 4.74 Å². The average Bonchev–Trinajstić information content (AvgIpc) is 2.79. The summed E-state index contributed by atoms with van der Waals surface area (Å²) in [5.41, 5.74) is 6.87. The van der Waals surface area contributed by atoms with Crippen LogP contribution in [0.5, 0.6) is 5.75 Å². The summed E-state index contributed by atoms with van der Waals surface area (Å²) in [7, 11) is 0. The van der Waals surface area contributed by atoms with E-state index in [0.29, 0.717) is 5.75 Å². The Morgan fingerprint density at radius 3 is 1.20 bits per heavy atom. The minimum Gasteiger partial charge on any atom is -0.465 e. The van der Waals surface area contributed by atoms with Gasteiger partial charge < -0.3 is 9.84 Å². The first-order chi connectivity index (χ1) is 14.7. The molecule has 0 aliphatic rings. The molecule has 1 atom stereocenters. The Morgan fingerprint density at radius 1 is 0.533 bits per heavy atom. The zero-order valence-corrected chi connectivity index (χ0v) is 16.9. The maximum atomic E-state index is 9.52. The summed E-state index contributed by atoms with van der Waals surface area (Å²) in [4.78, 5) is 0. The molecule has 2 nitrogen and oxygen atoms in total. The first kappa shape index (κ1) is 19.7. The molecule has 0 saturated heterocycles. The van der Waals surface area contributed by atoms with Crippen molar-refractivity contribution in [3.63, 3.8) is 0 Å². The molecule has 0 aliphatic heterocycles. The molecule has 0 bridgehead atoms. The number of ether oxygens (including phenoxy) is 1. The molecular weight excluding hydrogens is 368 g/mol. The van der Waals surface area contributed by atoms with Crippen molar-refractivity contribution < 1.29 is 9.84 Å². The SMILES string of the molecule is CC(O)Oc1ccc(C(=C(c2ccccc2)c2ccccc2)c2ccccc2)cc1. The lowest BCUT2D eigenvalue weighted by molar-refractivity contribution is -0.000293. The van der Waals surface area contributed by atoms with Gasteiger partial charge in [-0.1, -0.05) is 103 Å². The first-order valence-electron chi connectivity index (χ1n) is 10.1. The molecule has 0 fully saturated rings. The summed E-state index contributed by atoms with van der Waals surface area (Å²) in [6, 6.07) is 39.3. The predicted octanol–water partition coefficient (Wildman–Crippen LogP) is 6.41. The molecule has 0 aromatic heterocycles. The molecule has 4 rings (SSSR count). The molecule has 1 N–H and O–H groups in total. The summed E-state index contributed by atoms with van der Waals surface area (Å²) in [5, 5.41) is 9.52. The van der Waals surface area contributed by atoms with Crippen LogP contribution in [0.3, 0.4) is 0 Å². The van der Waals surface area contributed by atoms with Crippen molar-refractivity contribution in [2.45, 2.75) is 13.2 Å². The lowest BCUT2D eigenvalue weighted by Crippen LogP contribution is -2.09. The van der Waals surface area contributed by atoms with Gasteiger partial charge >= 0.3 is 0 Å². The number of rotatable bonds is 6. The number of aliphatic hydroxyl groups excluding tert-OH is 1. The van der Waals surface area contributed by atoms with Crippen molar-refractivity contribution >= 4 is 11.1 Å². The summed E-state index contributed by atoms with van der Waals surface area (Å²) >= 11 is 0. The Labute approximate surface area is 177 Å². The molecule has 0 heterocycles. The molecule has 148 valence electrons. The molecule has 0 aliphatic carbocycles.